The normalized spacial score (nSPS) is 21.6. The van der Waals surface area contributed by atoms with Crippen LogP contribution in [0.2, 0.25) is 0 Å². The zero-order valence-corrected chi connectivity index (χ0v) is 16.3. The molecule has 1 aromatic carbocycles. The average Bonchev–Trinajstić information content (AvgIpc) is 3.30. The van der Waals surface area contributed by atoms with Gasteiger partial charge >= 0.3 is 0 Å². The van der Waals surface area contributed by atoms with Gasteiger partial charge in [0.2, 0.25) is 0 Å². The molecule has 5 nitrogen and oxygen atoms in total. The first-order valence-corrected chi connectivity index (χ1v) is 9.18. The van der Waals surface area contributed by atoms with Crippen molar-refractivity contribution in [1.82, 2.24) is 14.7 Å². The summed E-state index contributed by atoms with van der Waals surface area (Å²) >= 11 is 0. The smallest absolute Gasteiger partial charge is 0.274 e. The first kappa shape index (κ1) is 18.9. The molecule has 4 rings (SSSR count). The van der Waals surface area contributed by atoms with Crippen molar-refractivity contribution in [1.29, 1.82) is 0 Å². The van der Waals surface area contributed by atoms with Crippen molar-refractivity contribution in [2.45, 2.75) is 39.5 Å². The second-order valence-corrected chi connectivity index (χ2v) is 7.87. The molecule has 6 heteroatoms. The van der Waals surface area contributed by atoms with Crippen LogP contribution in [0.15, 0.2) is 24.3 Å². The quantitative estimate of drug-likeness (QED) is 0.898. The lowest BCUT2D eigenvalue weighted by atomic mass is 9.90. The summed E-state index contributed by atoms with van der Waals surface area (Å²) in [5.41, 5.74) is 11.2. The molecule has 2 aromatic rings. The Kier molecular flexibility index (Phi) is 5.13. The SMILES string of the molecule is Cc1ccc(-n2nc(C(=O)N3CCC(C)(CN)C3)c3c2CCC3)cc1.Cl. The molecule has 0 bridgehead atoms. The highest BCUT2D eigenvalue weighted by molar-refractivity contribution is 5.94. The molecule has 1 fully saturated rings. The molecule has 1 unspecified atom stereocenters. The lowest BCUT2D eigenvalue weighted by Crippen LogP contribution is -2.35. The van der Waals surface area contributed by atoms with Gasteiger partial charge in [0.15, 0.2) is 5.69 Å². The summed E-state index contributed by atoms with van der Waals surface area (Å²) in [6.45, 7) is 6.36. The number of carbonyl (C=O) groups is 1. The summed E-state index contributed by atoms with van der Waals surface area (Å²) < 4.78 is 1.98. The van der Waals surface area contributed by atoms with Crippen LogP contribution in [-0.2, 0) is 12.8 Å². The van der Waals surface area contributed by atoms with E-state index in [9.17, 15) is 4.79 Å². The number of nitrogens with two attached hydrogens (primary N) is 1. The van der Waals surface area contributed by atoms with Gasteiger partial charge in [-0.25, -0.2) is 4.68 Å². The van der Waals surface area contributed by atoms with Gasteiger partial charge in [-0.15, -0.1) is 12.4 Å². The molecular formula is C20H27ClN4O. The van der Waals surface area contributed by atoms with Gasteiger partial charge in [-0.2, -0.15) is 5.10 Å². The van der Waals surface area contributed by atoms with Gasteiger partial charge in [0.05, 0.1) is 5.69 Å². The molecule has 1 atom stereocenters. The summed E-state index contributed by atoms with van der Waals surface area (Å²) in [6.07, 6.45) is 4.00. The fraction of sp³-hybridized carbons (Fsp3) is 0.500. The van der Waals surface area contributed by atoms with Crippen LogP contribution in [-0.4, -0.2) is 40.2 Å². The number of hydrogen-bond donors (Lipinski definition) is 1. The Balaban J connectivity index is 0.00000196. The van der Waals surface area contributed by atoms with E-state index in [-0.39, 0.29) is 23.7 Å². The third-order valence-electron chi connectivity index (χ3n) is 5.75. The Hall–Kier alpha value is -1.85. The highest BCUT2D eigenvalue weighted by atomic mass is 35.5. The highest BCUT2D eigenvalue weighted by Crippen LogP contribution is 2.32. The van der Waals surface area contributed by atoms with Crippen LogP contribution in [0.25, 0.3) is 5.69 Å². The van der Waals surface area contributed by atoms with Crippen molar-refractivity contribution in [3.63, 3.8) is 0 Å². The van der Waals surface area contributed by atoms with E-state index in [1.165, 1.54) is 11.3 Å². The number of rotatable bonds is 3. The molecule has 140 valence electrons. The van der Waals surface area contributed by atoms with E-state index in [1.807, 2.05) is 9.58 Å². The maximum Gasteiger partial charge on any atom is 0.274 e. The number of nitrogens with zero attached hydrogens (tertiary/aromatic N) is 3. The molecule has 2 heterocycles. The fourth-order valence-electron chi connectivity index (χ4n) is 4.02. The highest BCUT2D eigenvalue weighted by Gasteiger charge is 2.37. The third kappa shape index (κ3) is 3.14. The lowest BCUT2D eigenvalue weighted by Gasteiger charge is -2.22. The molecule has 1 aromatic heterocycles. The van der Waals surface area contributed by atoms with Crippen molar-refractivity contribution in [3.05, 3.63) is 46.8 Å². The van der Waals surface area contributed by atoms with Gasteiger partial charge < -0.3 is 10.6 Å². The minimum absolute atomic E-state index is 0. The van der Waals surface area contributed by atoms with Crippen LogP contribution >= 0.6 is 12.4 Å². The Bertz CT molecular complexity index is 814. The van der Waals surface area contributed by atoms with Gasteiger partial charge in [0.1, 0.15) is 0 Å². The van der Waals surface area contributed by atoms with Gasteiger partial charge in [-0.05, 0) is 56.7 Å². The third-order valence-corrected chi connectivity index (χ3v) is 5.75. The lowest BCUT2D eigenvalue weighted by molar-refractivity contribution is 0.0769. The molecule has 0 spiro atoms. The van der Waals surface area contributed by atoms with Crippen molar-refractivity contribution >= 4 is 18.3 Å². The molecule has 2 aliphatic rings. The first-order chi connectivity index (χ1) is 12.0. The van der Waals surface area contributed by atoms with Crippen LogP contribution in [0, 0.1) is 12.3 Å². The maximum absolute atomic E-state index is 13.1. The summed E-state index contributed by atoms with van der Waals surface area (Å²) in [7, 11) is 0. The predicted octanol–water partition coefficient (Wildman–Crippen LogP) is 2.90. The number of benzene rings is 1. The van der Waals surface area contributed by atoms with E-state index < -0.39 is 0 Å². The number of amides is 1. The summed E-state index contributed by atoms with van der Waals surface area (Å²) in [5.74, 6) is 0.0705. The second kappa shape index (κ2) is 7.05. The van der Waals surface area contributed by atoms with Crippen molar-refractivity contribution < 1.29 is 4.79 Å². The molecule has 0 radical (unpaired) electrons. The monoisotopic (exact) mass is 374 g/mol. The zero-order valence-electron chi connectivity index (χ0n) is 15.5. The Morgan fingerprint density at radius 1 is 1.27 bits per heavy atom. The van der Waals surface area contributed by atoms with E-state index in [4.69, 9.17) is 10.8 Å². The zero-order chi connectivity index (χ0) is 17.6. The predicted molar refractivity (Wildman–Crippen MR) is 105 cm³/mol. The van der Waals surface area contributed by atoms with E-state index >= 15 is 0 Å². The van der Waals surface area contributed by atoms with Crippen LogP contribution in [0.4, 0.5) is 0 Å². The average molecular weight is 375 g/mol. The molecule has 1 aliphatic carbocycles. The van der Waals surface area contributed by atoms with Crippen LogP contribution in [0.3, 0.4) is 0 Å². The van der Waals surface area contributed by atoms with Gasteiger partial charge in [0, 0.05) is 24.3 Å². The molecule has 26 heavy (non-hydrogen) atoms. The molecule has 1 saturated heterocycles. The number of hydrogen-bond acceptors (Lipinski definition) is 3. The topological polar surface area (TPSA) is 64.2 Å². The minimum Gasteiger partial charge on any atom is -0.337 e. The molecule has 0 saturated carbocycles. The first-order valence-electron chi connectivity index (χ1n) is 9.18. The summed E-state index contributed by atoms with van der Waals surface area (Å²) in [4.78, 5) is 15.1. The van der Waals surface area contributed by atoms with E-state index in [1.54, 1.807) is 0 Å². The van der Waals surface area contributed by atoms with Crippen LogP contribution in [0.1, 0.15) is 47.1 Å². The second-order valence-electron chi connectivity index (χ2n) is 7.87. The van der Waals surface area contributed by atoms with Gasteiger partial charge in [-0.3, -0.25) is 4.79 Å². The van der Waals surface area contributed by atoms with E-state index in [0.717, 1.165) is 50.0 Å². The largest absolute Gasteiger partial charge is 0.337 e. The molecule has 1 amide bonds. The van der Waals surface area contributed by atoms with Crippen LogP contribution in [0.5, 0.6) is 0 Å². The van der Waals surface area contributed by atoms with Gasteiger partial charge in [0.25, 0.3) is 5.91 Å². The Morgan fingerprint density at radius 3 is 2.65 bits per heavy atom. The number of likely N-dealkylation sites (tertiary alicyclic amines) is 1. The van der Waals surface area contributed by atoms with Crippen molar-refractivity contribution in [2.24, 2.45) is 11.1 Å². The number of carbonyl (C=O) groups excluding carboxylic acids is 1. The Labute approximate surface area is 161 Å². The Morgan fingerprint density at radius 2 is 2.00 bits per heavy atom. The number of halogens is 1. The van der Waals surface area contributed by atoms with E-state index in [2.05, 4.69) is 38.1 Å². The molecule has 2 N–H and O–H groups in total. The molecular weight excluding hydrogens is 348 g/mol. The standard InChI is InChI=1S/C20H26N4O.ClH/c1-14-6-8-15(9-7-14)24-17-5-3-4-16(17)18(22-24)19(25)23-11-10-20(2,12-21)13-23;/h6-9H,3-5,10-13,21H2,1-2H3;1H. The number of fused-ring (bicyclic) bond motifs is 1. The molecule has 1 aliphatic heterocycles. The summed E-state index contributed by atoms with van der Waals surface area (Å²) in [5, 5.41) is 4.74. The van der Waals surface area contributed by atoms with E-state index in [0.29, 0.717) is 12.2 Å². The fourth-order valence-corrected chi connectivity index (χ4v) is 4.02. The maximum atomic E-state index is 13.1. The van der Waals surface area contributed by atoms with Crippen molar-refractivity contribution in [2.75, 3.05) is 19.6 Å². The van der Waals surface area contributed by atoms with Crippen LogP contribution < -0.4 is 5.73 Å². The van der Waals surface area contributed by atoms with Crippen molar-refractivity contribution in [3.8, 4) is 5.69 Å². The number of aromatic nitrogens is 2. The minimum atomic E-state index is 0. The number of aryl methyl sites for hydroxylation is 1. The summed E-state index contributed by atoms with van der Waals surface area (Å²) in [6, 6.07) is 8.34. The van der Waals surface area contributed by atoms with Gasteiger partial charge in [-0.1, -0.05) is 24.6 Å².